The Morgan fingerprint density at radius 3 is 2.73 bits per heavy atom. The largest absolute Gasteiger partial charge is 0.294 e. The lowest BCUT2D eigenvalue weighted by molar-refractivity contribution is 0.0982. The van der Waals surface area contributed by atoms with Crippen molar-refractivity contribution in [3.05, 3.63) is 48.6 Å². The molecule has 2 heteroatoms. The second kappa shape index (κ2) is 7.30. The van der Waals surface area contributed by atoms with Gasteiger partial charge in [0.25, 0.3) is 0 Å². The van der Waals surface area contributed by atoms with Crippen LogP contribution < -0.4 is 0 Å². The first kappa shape index (κ1) is 12.1. The monoisotopic (exact) mass is 220 g/mol. The Bertz CT molecular complexity index is 306. The molecule has 0 saturated heterocycles. The molecule has 80 valence electrons. The molecule has 0 aliphatic rings. The molecular formula is C13H16OS. The minimum atomic E-state index is 0.245. The number of carbonyl (C=O) groups excluding carboxylic acids is 1. The molecule has 0 saturated carbocycles. The fourth-order valence-electron chi connectivity index (χ4n) is 1.27. The highest BCUT2D eigenvalue weighted by atomic mass is 32.2. The molecule has 0 heterocycles. The predicted octanol–water partition coefficient (Wildman–Crippen LogP) is 3.57. The van der Waals surface area contributed by atoms with E-state index in [1.807, 2.05) is 48.2 Å². The fraction of sp³-hybridized carbons (Fsp3) is 0.308. The Hall–Kier alpha value is -1.02. The molecule has 0 unspecified atom stereocenters. The van der Waals surface area contributed by atoms with Crippen molar-refractivity contribution in [2.45, 2.75) is 12.8 Å². The van der Waals surface area contributed by atoms with Gasteiger partial charge < -0.3 is 0 Å². The Kier molecular flexibility index (Phi) is 5.86. The van der Waals surface area contributed by atoms with Crippen molar-refractivity contribution in [2.75, 3.05) is 11.5 Å². The molecule has 0 radical (unpaired) electrons. The molecule has 0 N–H and O–H groups in total. The van der Waals surface area contributed by atoms with Gasteiger partial charge in [0.2, 0.25) is 0 Å². The SMILES string of the molecule is C=CCSCCCC(=O)c1ccccc1. The van der Waals surface area contributed by atoms with E-state index in [2.05, 4.69) is 6.58 Å². The van der Waals surface area contributed by atoms with Gasteiger partial charge in [-0.15, -0.1) is 6.58 Å². The van der Waals surface area contributed by atoms with E-state index < -0.39 is 0 Å². The van der Waals surface area contributed by atoms with E-state index in [1.54, 1.807) is 0 Å². The van der Waals surface area contributed by atoms with E-state index in [9.17, 15) is 4.79 Å². The molecule has 0 aliphatic carbocycles. The summed E-state index contributed by atoms with van der Waals surface area (Å²) in [7, 11) is 0. The number of ketones is 1. The Morgan fingerprint density at radius 2 is 2.07 bits per heavy atom. The van der Waals surface area contributed by atoms with Gasteiger partial charge in [0.05, 0.1) is 0 Å². The van der Waals surface area contributed by atoms with Crippen molar-refractivity contribution in [2.24, 2.45) is 0 Å². The van der Waals surface area contributed by atoms with Gasteiger partial charge in [-0.2, -0.15) is 11.8 Å². The topological polar surface area (TPSA) is 17.1 Å². The number of Topliss-reactive ketones (excluding diaryl/α,β-unsaturated/α-hetero) is 1. The van der Waals surface area contributed by atoms with Gasteiger partial charge in [-0.05, 0) is 12.2 Å². The third-order valence-corrected chi connectivity index (χ3v) is 3.07. The number of hydrogen-bond donors (Lipinski definition) is 0. The number of carbonyl (C=O) groups is 1. The third kappa shape index (κ3) is 4.84. The van der Waals surface area contributed by atoms with Gasteiger partial charge in [-0.25, -0.2) is 0 Å². The number of thioether (sulfide) groups is 1. The molecule has 1 aromatic rings. The summed E-state index contributed by atoms with van der Waals surface area (Å²) in [4.78, 5) is 11.6. The highest BCUT2D eigenvalue weighted by molar-refractivity contribution is 7.99. The summed E-state index contributed by atoms with van der Waals surface area (Å²) < 4.78 is 0. The standard InChI is InChI=1S/C13H16OS/c1-2-10-15-11-6-9-13(14)12-7-4-3-5-8-12/h2-5,7-8H,1,6,9-11H2. The molecule has 0 aliphatic heterocycles. The van der Waals surface area contributed by atoms with Gasteiger partial charge >= 0.3 is 0 Å². The lowest BCUT2D eigenvalue weighted by Gasteiger charge is -2.00. The first-order valence-electron chi connectivity index (χ1n) is 5.11. The van der Waals surface area contributed by atoms with Crippen LogP contribution in [0.5, 0.6) is 0 Å². The fourth-order valence-corrected chi connectivity index (χ4v) is 1.95. The van der Waals surface area contributed by atoms with E-state index >= 15 is 0 Å². The van der Waals surface area contributed by atoms with Crippen molar-refractivity contribution in [1.82, 2.24) is 0 Å². The Balaban J connectivity index is 2.22. The Morgan fingerprint density at radius 1 is 1.33 bits per heavy atom. The molecule has 0 aromatic heterocycles. The van der Waals surface area contributed by atoms with E-state index in [0.717, 1.165) is 23.5 Å². The summed E-state index contributed by atoms with van der Waals surface area (Å²) in [5, 5.41) is 0. The van der Waals surface area contributed by atoms with Crippen LogP contribution in [0.25, 0.3) is 0 Å². The molecule has 0 bridgehead atoms. The van der Waals surface area contributed by atoms with Gasteiger partial charge in [-0.3, -0.25) is 4.79 Å². The second-order valence-corrected chi connectivity index (χ2v) is 4.41. The van der Waals surface area contributed by atoms with Crippen LogP contribution in [0.3, 0.4) is 0 Å². The molecule has 1 rings (SSSR count). The molecule has 0 amide bonds. The maximum atomic E-state index is 11.6. The average Bonchev–Trinajstić information content (AvgIpc) is 2.30. The van der Waals surface area contributed by atoms with Gasteiger partial charge in [0.1, 0.15) is 0 Å². The van der Waals surface area contributed by atoms with Crippen LogP contribution in [0.15, 0.2) is 43.0 Å². The summed E-state index contributed by atoms with van der Waals surface area (Å²) in [5.74, 6) is 2.25. The van der Waals surface area contributed by atoms with Crippen LogP contribution in [-0.2, 0) is 0 Å². The van der Waals surface area contributed by atoms with E-state index in [0.29, 0.717) is 6.42 Å². The zero-order valence-corrected chi connectivity index (χ0v) is 9.63. The first-order chi connectivity index (χ1) is 7.34. The molecule has 1 aromatic carbocycles. The molecule has 0 fully saturated rings. The summed E-state index contributed by atoms with van der Waals surface area (Å²) in [6, 6.07) is 9.48. The first-order valence-corrected chi connectivity index (χ1v) is 6.27. The molecule has 0 atom stereocenters. The van der Waals surface area contributed by atoms with Crippen LogP contribution in [0.2, 0.25) is 0 Å². The number of benzene rings is 1. The quantitative estimate of drug-likeness (QED) is 0.397. The second-order valence-electron chi connectivity index (χ2n) is 3.26. The van der Waals surface area contributed by atoms with Crippen molar-refractivity contribution in [3.8, 4) is 0 Å². The maximum Gasteiger partial charge on any atom is 0.162 e. The van der Waals surface area contributed by atoms with E-state index in [1.165, 1.54) is 0 Å². The highest BCUT2D eigenvalue weighted by Crippen LogP contribution is 2.09. The van der Waals surface area contributed by atoms with Crippen molar-refractivity contribution in [1.29, 1.82) is 0 Å². The number of hydrogen-bond acceptors (Lipinski definition) is 2. The molecule has 0 spiro atoms. The molecular weight excluding hydrogens is 204 g/mol. The minimum absolute atomic E-state index is 0.245. The van der Waals surface area contributed by atoms with Crippen LogP contribution >= 0.6 is 11.8 Å². The van der Waals surface area contributed by atoms with Crippen LogP contribution in [-0.4, -0.2) is 17.3 Å². The minimum Gasteiger partial charge on any atom is -0.294 e. The summed E-state index contributed by atoms with van der Waals surface area (Å²) in [6.07, 6.45) is 3.49. The number of rotatable bonds is 7. The van der Waals surface area contributed by atoms with Crippen molar-refractivity contribution >= 4 is 17.5 Å². The van der Waals surface area contributed by atoms with Crippen LogP contribution in [0.4, 0.5) is 0 Å². The molecule has 15 heavy (non-hydrogen) atoms. The third-order valence-electron chi connectivity index (χ3n) is 2.02. The smallest absolute Gasteiger partial charge is 0.162 e. The highest BCUT2D eigenvalue weighted by Gasteiger charge is 2.03. The zero-order chi connectivity index (χ0) is 10.9. The van der Waals surface area contributed by atoms with Gasteiger partial charge in [-0.1, -0.05) is 36.4 Å². The summed E-state index contributed by atoms with van der Waals surface area (Å²) in [5.41, 5.74) is 0.825. The lowest BCUT2D eigenvalue weighted by Crippen LogP contribution is -1.99. The Labute approximate surface area is 95.6 Å². The summed E-state index contributed by atoms with van der Waals surface area (Å²) >= 11 is 1.82. The van der Waals surface area contributed by atoms with Gasteiger partial charge in [0.15, 0.2) is 5.78 Å². The summed E-state index contributed by atoms with van der Waals surface area (Å²) in [6.45, 7) is 3.65. The maximum absolute atomic E-state index is 11.6. The van der Waals surface area contributed by atoms with Gasteiger partial charge in [0, 0.05) is 17.7 Å². The lowest BCUT2D eigenvalue weighted by atomic mass is 10.1. The normalized spacial score (nSPS) is 9.87. The van der Waals surface area contributed by atoms with Crippen LogP contribution in [0.1, 0.15) is 23.2 Å². The zero-order valence-electron chi connectivity index (χ0n) is 8.82. The van der Waals surface area contributed by atoms with E-state index in [4.69, 9.17) is 0 Å². The van der Waals surface area contributed by atoms with E-state index in [-0.39, 0.29) is 5.78 Å². The average molecular weight is 220 g/mol. The van der Waals surface area contributed by atoms with Crippen LogP contribution in [0, 0.1) is 0 Å². The van der Waals surface area contributed by atoms with Crippen molar-refractivity contribution < 1.29 is 4.79 Å². The molecule has 1 nitrogen and oxygen atoms in total. The van der Waals surface area contributed by atoms with Crippen molar-refractivity contribution in [3.63, 3.8) is 0 Å². The predicted molar refractivity (Wildman–Crippen MR) is 67.5 cm³/mol.